The third kappa shape index (κ3) is 4.84. The maximum absolute atomic E-state index is 10.5. The summed E-state index contributed by atoms with van der Waals surface area (Å²) in [6.07, 6.45) is 1.62. The largest absolute Gasteiger partial charge is 0.508 e. The summed E-state index contributed by atoms with van der Waals surface area (Å²) in [5, 5.41) is 21.5. The lowest BCUT2D eigenvalue weighted by Gasteiger charge is -2.09. The minimum Gasteiger partial charge on any atom is -0.508 e. The minimum absolute atomic E-state index is 0.202. The second kappa shape index (κ2) is 7.33. The van der Waals surface area contributed by atoms with Gasteiger partial charge < -0.3 is 15.5 Å². The summed E-state index contributed by atoms with van der Waals surface area (Å²) in [6, 6.07) is 15.2. The molecule has 0 aliphatic rings. The van der Waals surface area contributed by atoms with Gasteiger partial charge >= 0.3 is 5.97 Å². The number of anilines is 1. The Morgan fingerprint density at radius 3 is 2.43 bits per heavy atom. The fraction of sp³-hybridized carbons (Fsp3) is 0.235. The summed E-state index contributed by atoms with van der Waals surface area (Å²) in [4.78, 5) is 10.5. The van der Waals surface area contributed by atoms with E-state index >= 15 is 0 Å². The number of para-hydroxylation sites is 1. The van der Waals surface area contributed by atoms with Gasteiger partial charge in [-0.3, -0.25) is 4.79 Å². The predicted octanol–water partition coefficient (Wildman–Crippen LogP) is 3.41. The van der Waals surface area contributed by atoms with Gasteiger partial charge in [0.25, 0.3) is 0 Å². The van der Waals surface area contributed by atoms with E-state index in [-0.39, 0.29) is 12.2 Å². The molecule has 0 aliphatic heterocycles. The number of aromatic hydroxyl groups is 1. The van der Waals surface area contributed by atoms with Crippen molar-refractivity contribution < 1.29 is 15.0 Å². The SMILES string of the molecule is O=C(O)CCCc1ccc(NCc2ccccc2O)cc1. The van der Waals surface area contributed by atoms with Crippen LogP contribution >= 0.6 is 0 Å². The van der Waals surface area contributed by atoms with E-state index in [1.54, 1.807) is 12.1 Å². The van der Waals surface area contributed by atoms with E-state index in [1.165, 1.54) is 0 Å². The first-order valence-corrected chi connectivity index (χ1v) is 6.96. The number of rotatable bonds is 7. The van der Waals surface area contributed by atoms with Gasteiger partial charge in [-0.05, 0) is 36.6 Å². The number of carbonyl (C=O) groups is 1. The zero-order valence-electron chi connectivity index (χ0n) is 11.7. The fourth-order valence-corrected chi connectivity index (χ4v) is 2.09. The Balaban J connectivity index is 1.85. The van der Waals surface area contributed by atoms with Crippen molar-refractivity contribution in [2.45, 2.75) is 25.8 Å². The molecule has 0 fully saturated rings. The second-order valence-electron chi connectivity index (χ2n) is 4.93. The molecule has 0 bridgehead atoms. The molecule has 2 aromatic rings. The first kappa shape index (κ1) is 14.9. The van der Waals surface area contributed by atoms with E-state index in [2.05, 4.69) is 5.32 Å². The molecule has 4 nitrogen and oxygen atoms in total. The number of carboxylic acid groups (broad SMARTS) is 1. The van der Waals surface area contributed by atoms with Gasteiger partial charge in [0.1, 0.15) is 5.75 Å². The predicted molar refractivity (Wildman–Crippen MR) is 82.4 cm³/mol. The summed E-state index contributed by atoms with van der Waals surface area (Å²) >= 11 is 0. The van der Waals surface area contributed by atoms with Crippen LogP contribution in [0.25, 0.3) is 0 Å². The molecule has 0 aliphatic carbocycles. The van der Waals surface area contributed by atoms with E-state index in [9.17, 15) is 9.90 Å². The van der Waals surface area contributed by atoms with Crippen molar-refractivity contribution in [3.8, 4) is 5.75 Å². The van der Waals surface area contributed by atoms with Gasteiger partial charge in [0.05, 0.1) is 0 Å². The van der Waals surface area contributed by atoms with Gasteiger partial charge in [0.2, 0.25) is 0 Å². The van der Waals surface area contributed by atoms with Crippen LogP contribution in [0.5, 0.6) is 5.75 Å². The molecule has 0 saturated carbocycles. The van der Waals surface area contributed by atoms with Crippen LogP contribution in [-0.4, -0.2) is 16.2 Å². The number of phenolic OH excluding ortho intramolecular Hbond substituents is 1. The van der Waals surface area contributed by atoms with E-state index < -0.39 is 5.97 Å². The first-order valence-electron chi connectivity index (χ1n) is 6.96. The van der Waals surface area contributed by atoms with Crippen molar-refractivity contribution in [1.82, 2.24) is 0 Å². The average Bonchev–Trinajstić information content (AvgIpc) is 2.47. The lowest BCUT2D eigenvalue weighted by Crippen LogP contribution is -2.00. The van der Waals surface area contributed by atoms with Crippen molar-refractivity contribution in [1.29, 1.82) is 0 Å². The molecule has 4 heteroatoms. The van der Waals surface area contributed by atoms with Crippen molar-refractivity contribution in [3.05, 3.63) is 59.7 Å². The minimum atomic E-state index is -0.754. The Bertz CT molecular complexity index is 593. The van der Waals surface area contributed by atoms with Crippen LogP contribution in [0.1, 0.15) is 24.0 Å². The van der Waals surface area contributed by atoms with E-state index in [0.29, 0.717) is 13.0 Å². The Morgan fingerprint density at radius 2 is 1.76 bits per heavy atom. The maximum Gasteiger partial charge on any atom is 0.303 e. The number of aliphatic carboxylic acids is 1. The smallest absolute Gasteiger partial charge is 0.303 e. The highest BCUT2D eigenvalue weighted by Crippen LogP contribution is 2.18. The van der Waals surface area contributed by atoms with Crippen LogP contribution in [0.3, 0.4) is 0 Å². The van der Waals surface area contributed by atoms with Crippen LogP contribution in [0.2, 0.25) is 0 Å². The molecule has 21 heavy (non-hydrogen) atoms. The number of hydrogen-bond acceptors (Lipinski definition) is 3. The van der Waals surface area contributed by atoms with Crippen LogP contribution in [-0.2, 0) is 17.8 Å². The second-order valence-corrected chi connectivity index (χ2v) is 4.93. The van der Waals surface area contributed by atoms with Crippen molar-refractivity contribution in [3.63, 3.8) is 0 Å². The van der Waals surface area contributed by atoms with Gasteiger partial charge in [-0.15, -0.1) is 0 Å². The summed E-state index contributed by atoms with van der Waals surface area (Å²) < 4.78 is 0. The molecule has 0 atom stereocenters. The molecule has 0 saturated heterocycles. The zero-order valence-corrected chi connectivity index (χ0v) is 11.7. The number of aryl methyl sites for hydroxylation is 1. The summed E-state index contributed by atoms with van der Waals surface area (Å²) in [5.74, 6) is -0.466. The van der Waals surface area contributed by atoms with Gasteiger partial charge in [-0.1, -0.05) is 30.3 Å². The fourth-order valence-electron chi connectivity index (χ4n) is 2.09. The highest BCUT2D eigenvalue weighted by atomic mass is 16.4. The molecule has 0 spiro atoms. The molecule has 0 radical (unpaired) electrons. The Kier molecular flexibility index (Phi) is 5.21. The highest BCUT2D eigenvalue weighted by molar-refractivity contribution is 5.66. The molecule has 3 N–H and O–H groups in total. The number of nitrogens with one attached hydrogen (secondary N) is 1. The Morgan fingerprint density at radius 1 is 1.05 bits per heavy atom. The maximum atomic E-state index is 10.5. The third-order valence-corrected chi connectivity index (χ3v) is 3.28. The molecular weight excluding hydrogens is 266 g/mol. The number of hydrogen-bond donors (Lipinski definition) is 3. The van der Waals surface area contributed by atoms with Crippen LogP contribution in [0, 0.1) is 0 Å². The Labute approximate surface area is 124 Å². The average molecular weight is 285 g/mol. The zero-order chi connectivity index (χ0) is 15.1. The van der Waals surface area contributed by atoms with Gasteiger partial charge in [0.15, 0.2) is 0 Å². The highest BCUT2D eigenvalue weighted by Gasteiger charge is 2.01. The van der Waals surface area contributed by atoms with E-state index in [1.807, 2.05) is 36.4 Å². The van der Waals surface area contributed by atoms with Crippen molar-refractivity contribution in [2.24, 2.45) is 0 Å². The lowest BCUT2D eigenvalue weighted by molar-refractivity contribution is -0.137. The third-order valence-electron chi connectivity index (χ3n) is 3.28. The quantitative estimate of drug-likeness (QED) is 0.729. The van der Waals surface area contributed by atoms with Crippen molar-refractivity contribution in [2.75, 3.05) is 5.32 Å². The number of benzene rings is 2. The normalized spacial score (nSPS) is 10.3. The molecule has 0 heterocycles. The van der Waals surface area contributed by atoms with Gasteiger partial charge in [-0.25, -0.2) is 0 Å². The van der Waals surface area contributed by atoms with Crippen LogP contribution in [0.15, 0.2) is 48.5 Å². The summed E-state index contributed by atoms with van der Waals surface area (Å²) in [7, 11) is 0. The van der Waals surface area contributed by atoms with E-state index in [4.69, 9.17) is 5.11 Å². The number of phenols is 1. The monoisotopic (exact) mass is 285 g/mol. The first-order chi connectivity index (χ1) is 10.1. The van der Waals surface area contributed by atoms with Gasteiger partial charge in [0, 0.05) is 24.2 Å². The Hall–Kier alpha value is -2.49. The van der Waals surface area contributed by atoms with E-state index in [0.717, 1.165) is 23.2 Å². The standard InChI is InChI=1S/C17H19NO3/c19-16-6-2-1-5-14(16)12-18-15-10-8-13(9-11-15)4-3-7-17(20)21/h1-2,5-6,8-11,18-19H,3-4,7,12H2,(H,20,21). The molecule has 0 aromatic heterocycles. The molecule has 2 rings (SSSR count). The van der Waals surface area contributed by atoms with Gasteiger partial charge in [-0.2, -0.15) is 0 Å². The van der Waals surface area contributed by atoms with Crippen molar-refractivity contribution >= 4 is 11.7 Å². The van der Waals surface area contributed by atoms with Crippen LogP contribution < -0.4 is 5.32 Å². The molecule has 2 aromatic carbocycles. The summed E-state index contributed by atoms with van der Waals surface area (Å²) in [6.45, 7) is 0.561. The topological polar surface area (TPSA) is 69.6 Å². The summed E-state index contributed by atoms with van der Waals surface area (Å²) in [5.41, 5.74) is 2.95. The molecular formula is C17H19NO3. The molecule has 0 amide bonds. The molecule has 0 unspecified atom stereocenters. The van der Waals surface area contributed by atoms with Crippen LogP contribution in [0.4, 0.5) is 5.69 Å². The molecule has 110 valence electrons. The lowest BCUT2D eigenvalue weighted by atomic mass is 10.1. The number of carboxylic acids is 1.